The van der Waals surface area contributed by atoms with Gasteiger partial charge in [-0.3, -0.25) is 9.59 Å². The average Bonchev–Trinajstić information content (AvgIpc) is 2.61. The maximum atomic E-state index is 11.9. The van der Waals surface area contributed by atoms with E-state index in [1.807, 2.05) is 0 Å². The standard InChI is InChI=1S/C20H18O6/c1-26-20-10-13(3-8-19(20)25)2-5-16(22)12-17(23)6-4-14-11-15(21)7-9-18(14)24/h2-11,21,24-25H,12H2,1H3/b5-2+,6-4+. The lowest BCUT2D eigenvalue weighted by Crippen LogP contribution is -2.01. The summed E-state index contributed by atoms with van der Waals surface area (Å²) < 4.78 is 4.98. The van der Waals surface area contributed by atoms with Crippen molar-refractivity contribution in [3.05, 3.63) is 59.7 Å². The van der Waals surface area contributed by atoms with E-state index in [1.54, 1.807) is 12.1 Å². The molecule has 0 atom stereocenters. The summed E-state index contributed by atoms with van der Waals surface area (Å²) in [6.07, 6.45) is 4.95. The van der Waals surface area contributed by atoms with Crippen LogP contribution in [0.5, 0.6) is 23.0 Å². The summed E-state index contributed by atoms with van der Waals surface area (Å²) in [6.45, 7) is 0. The molecule has 3 N–H and O–H groups in total. The Kier molecular flexibility index (Phi) is 6.16. The first-order chi connectivity index (χ1) is 12.4. The molecule has 0 spiro atoms. The summed E-state index contributed by atoms with van der Waals surface area (Å²) in [5.74, 6) is -0.689. The van der Waals surface area contributed by atoms with Crippen molar-refractivity contribution in [3.63, 3.8) is 0 Å². The highest BCUT2D eigenvalue weighted by Gasteiger charge is 2.06. The van der Waals surface area contributed by atoms with Crippen LogP contribution in [0.3, 0.4) is 0 Å². The fourth-order valence-corrected chi connectivity index (χ4v) is 2.13. The highest BCUT2D eigenvalue weighted by molar-refractivity contribution is 6.11. The zero-order chi connectivity index (χ0) is 19.1. The Bertz CT molecular complexity index is 880. The Balaban J connectivity index is 1.97. The van der Waals surface area contributed by atoms with E-state index in [1.165, 1.54) is 55.7 Å². The second kappa shape index (κ2) is 8.53. The first kappa shape index (κ1) is 18.8. The van der Waals surface area contributed by atoms with E-state index in [4.69, 9.17) is 4.74 Å². The number of phenolic OH excluding ortho intramolecular Hbond substituents is 3. The molecule has 6 nitrogen and oxygen atoms in total. The number of methoxy groups -OCH3 is 1. The number of aromatic hydroxyl groups is 3. The third-order valence-corrected chi connectivity index (χ3v) is 3.47. The number of carbonyl (C=O) groups excluding carboxylic acids is 2. The Morgan fingerprint density at radius 3 is 2.27 bits per heavy atom. The minimum atomic E-state index is -0.439. The van der Waals surface area contributed by atoms with Crippen molar-refractivity contribution in [1.82, 2.24) is 0 Å². The van der Waals surface area contributed by atoms with Crippen LogP contribution in [0.2, 0.25) is 0 Å². The molecule has 0 aromatic heterocycles. The first-order valence-electron chi connectivity index (χ1n) is 7.70. The predicted octanol–water partition coefficient (Wildman–Crippen LogP) is 3.07. The van der Waals surface area contributed by atoms with Gasteiger partial charge in [-0.1, -0.05) is 12.1 Å². The van der Waals surface area contributed by atoms with E-state index in [-0.39, 0.29) is 35.0 Å². The lowest BCUT2D eigenvalue weighted by molar-refractivity contribution is -0.121. The molecule has 6 heteroatoms. The van der Waals surface area contributed by atoms with Gasteiger partial charge < -0.3 is 20.1 Å². The molecule has 0 radical (unpaired) electrons. The predicted molar refractivity (Wildman–Crippen MR) is 97.1 cm³/mol. The largest absolute Gasteiger partial charge is 0.508 e. The van der Waals surface area contributed by atoms with Crippen LogP contribution < -0.4 is 4.74 Å². The van der Waals surface area contributed by atoms with Crippen molar-refractivity contribution in [3.8, 4) is 23.0 Å². The summed E-state index contributed by atoms with van der Waals surface area (Å²) in [4.78, 5) is 23.7. The molecule has 0 fully saturated rings. The van der Waals surface area contributed by atoms with E-state index in [0.717, 1.165) is 0 Å². The molecule has 0 saturated carbocycles. The van der Waals surface area contributed by atoms with Crippen molar-refractivity contribution >= 4 is 23.7 Å². The van der Waals surface area contributed by atoms with E-state index in [2.05, 4.69) is 0 Å². The van der Waals surface area contributed by atoms with Gasteiger partial charge in [0, 0.05) is 5.56 Å². The van der Waals surface area contributed by atoms with E-state index in [0.29, 0.717) is 5.56 Å². The van der Waals surface area contributed by atoms with Gasteiger partial charge in [0.2, 0.25) is 0 Å². The van der Waals surface area contributed by atoms with Crippen molar-refractivity contribution in [2.75, 3.05) is 7.11 Å². The van der Waals surface area contributed by atoms with Crippen LogP contribution in [0.1, 0.15) is 17.5 Å². The van der Waals surface area contributed by atoms with Crippen molar-refractivity contribution in [2.24, 2.45) is 0 Å². The zero-order valence-corrected chi connectivity index (χ0v) is 14.0. The maximum absolute atomic E-state index is 11.9. The number of hydrogen-bond acceptors (Lipinski definition) is 6. The summed E-state index contributed by atoms with van der Waals surface area (Å²) in [5, 5.41) is 28.5. The molecule has 2 aromatic carbocycles. The normalized spacial score (nSPS) is 11.1. The monoisotopic (exact) mass is 354 g/mol. The van der Waals surface area contributed by atoms with Crippen LogP contribution in [0.4, 0.5) is 0 Å². The van der Waals surface area contributed by atoms with Crippen molar-refractivity contribution < 1.29 is 29.6 Å². The fourth-order valence-electron chi connectivity index (χ4n) is 2.13. The van der Waals surface area contributed by atoms with Gasteiger partial charge in [-0.2, -0.15) is 0 Å². The van der Waals surface area contributed by atoms with Crippen LogP contribution >= 0.6 is 0 Å². The highest BCUT2D eigenvalue weighted by Crippen LogP contribution is 2.26. The second-order valence-electron chi connectivity index (χ2n) is 5.45. The third kappa shape index (κ3) is 5.24. The molecule has 0 heterocycles. The first-order valence-corrected chi connectivity index (χ1v) is 7.70. The van der Waals surface area contributed by atoms with Gasteiger partial charge in [0.1, 0.15) is 11.5 Å². The molecule has 134 valence electrons. The molecular weight excluding hydrogens is 336 g/mol. The van der Waals surface area contributed by atoms with E-state index in [9.17, 15) is 24.9 Å². The Hall–Kier alpha value is -3.54. The molecule has 2 rings (SSSR count). The second-order valence-corrected chi connectivity index (χ2v) is 5.45. The topological polar surface area (TPSA) is 104 Å². The molecule has 0 unspecified atom stereocenters. The maximum Gasteiger partial charge on any atom is 0.163 e. The van der Waals surface area contributed by atoms with Crippen LogP contribution in [0.25, 0.3) is 12.2 Å². The number of benzene rings is 2. The van der Waals surface area contributed by atoms with E-state index >= 15 is 0 Å². The van der Waals surface area contributed by atoms with Gasteiger partial charge in [-0.25, -0.2) is 0 Å². The molecule has 0 aliphatic heterocycles. The molecular formula is C20H18O6. The fraction of sp³-hybridized carbons (Fsp3) is 0.100. The number of ketones is 2. The lowest BCUT2D eigenvalue weighted by Gasteiger charge is -2.03. The van der Waals surface area contributed by atoms with Gasteiger partial charge in [0.05, 0.1) is 13.5 Å². The minimum Gasteiger partial charge on any atom is -0.508 e. The molecule has 26 heavy (non-hydrogen) atoms. The number of hydrogen-bond donors (Lipinski definition) is 3. The molecule has 0 bridgehead atoms. The van der Waals surface area contributed by atoms with Crippen LogP contribution in [-0.4, -0.2) is 34.0 Å². The highest BCUT2D eigenvalue weighted by atomic mass is 16.5. The van der Waals surface area contributed by atoms with Crippen molar-refractivity contribution in [2.45, 2.75) is 6.42 Å². The van der Waals surface area contributed by atoms with Gasteiger partial charge in [0.15, 0.2) is 23.1 Å². The summed E-state index contributed by atoms with van der Waals surface area (Å²) in [6, 6.07) is 8.54. The summed E-state index contributed by atoms with van der Waals surface area (Å²) >= 11 is 0. The molecule has 0 saturated heterocycles. The Morgan fingerprint density at radius 1 is 0.923 bits per heavy atom. The minimum absolute atomic E-state index is 0.00788. The quantitative estimate of drug-likeness (QED) is 0.401. The molecule has 0 aliphatic rings. The molecule has 2 aromatic rings. The van der Waals surface area contributed by atoms with Crippen molar-refractivity contribution in [1.29, 1.82) is 0 Å². The SMILES string of the molecule is COc1cc(/C=C/C(=O)CC(=O)/C=C/c2cc(O)ccc2O)ccc1O. The number of allylic oxidation sites excluding steroid dienone is 2. The zero-order valence-electron chi connectivity index (χ0n) is 14.0. The Labute approximate surface area is 150 Å². The lowest BCUT2D eigenvalue weighted by atomic mass is 10.1. The van der Waals surface area contributed by atoms with Gasteiger partial charge in [-0.15, -0.1) is 0 Å². The summed E-state index contributed by atoms with van der Waals surface area (Å²) in [7, 11) is 1.42. The van der Waals surface area contributed by atoms with Crippen LogP contribution in [0, 0.1) is 0 Å². The summed E-state index contributed by atoms with van der Waals surface area (Å²) in [5.41, 5.74) is 0.915. The van der Waals surface area contributed by atoms with Gasteiger partial charge in [0.25, 0.3) is 0 Å². The van der Waals surface area contributed by atoms with Crippen LogP contribution in [-0.2, 0) is 9.59 Å². The number of phenols is 3. The van der Waals surface area contributed by atoms with Gasteiger partial charge >= 0.3 is 0 Å². The third-order valence-electron chi connectivity index (χ3n) is 3.47. The average molecular weight is 354 g/mol. The van der Waals surface area contributed by atoms with Crippen LogP contribution in [0.15, 0.2) is 48.6 Å². The van der Waals surface area contributed by atoms with Gasteiger partial charge in [-0.05, 0) is 54.1 Å². The molecule has 0 aliphatic carbocycles. The number of rotatable bonds is 7. The smallest absolute Gasteiger partial charge is 0.163 e. The molecule has 0 amide bonds. The number of carbonyl (C=O) groups is 2. The number of ether oxygens (including phenoxy) is 1. The van der Waals surface area contributed by atoms with E-state index < -0.39 is 11.6 Å². The Morgan fingerprint density at radius 2 is 1.58 bits per heavy atom.